The molecule has 0 bridgehead atoms. The summed E-state index contributed by atoms with van der Waals surface area (Å²) in [5, 5.41) is 12.3. The molecule has 0 unspecified atom stereocenters. The van der Waals surface area contributed by atoms with E-state index < -0.39 is 21.5 Å². The lowest BCUT2D eigenvalue weighted by Crippen LogP contribution is -2.40. The highest BCUT2D eigenvalue weighted by Gasteiger charge is 2.24. The summed E-state index contributed by atoms with van der Waals surface area (Å²) in [5.74, 6) is -0.619. The first-order valence-electron chi connectivity index (χ1n) is 7.42. The molecule has 0 radical (unpaired) electrons. The molecule has 0 fully saturated rings. The monoisotopic (exact) mass is 426 g/mol. The van der Waals surface area contributed by atoms with Crippen LogP contribution in [0.1, 0.15) is 31.1 Å². The summed E-state index contributed by atoms with van der Waals surface area (Å²) < 4.78 is 27.9. The predicted molar refractivity (Wildman–Crippen MR) is 100 cm³/mol. The first kappa shape index (κ1) is 19.4. The summed E-state index contributed by atoms with van der Waals surface area (Å²) in [7, 11) is -3.77. The van der Waals surface area contributed by atoms with Crippen LogP contribution in [0.5, 0.6) is 5.75 Å². The fourth-order valence-electron chi connectivity index (χ4n) is 2.08. The molecule has 2 aromatic rings. The summed E-state index contributed by atoms with van der Waals surface area (Å²) in [6, 6.07) is 10.5. The third-order valence-electron chi connectivity index (χ3n) is 3.09. The Kier molecular flexibility index (Phi) is 5.55. The molecule has 25 heavy (non-hydrogen) atoms. The molecule has 0 saturated heterocycles. The zero-order valence-electron chi connectivity index (χ0n) is 14.0. The Bertz CT molecular complexity index is 905. The number of rotatable bonds is 4. The summed E-state index contributed by atoms with van der Waals surface area (Å²) in [4.78, 5) is 12.5. The minimum Gasteiger partial charge on any atom is -0.506 e. The Morgan fingerprint density at radius 3 is 2.36 bits per heavy atom. The standard InChI is InChI=1S/C17H19BrN2O4S/c1-17(2,3)20-25(23,24)11-8-9-13(18)12(10-11)16(22)19-14-6-4-5-7-15(14)21/h4-10,20-21H,1-3H3,(H,19,22). The Balaban J connectivity index is 2.36. The first-order valence-corrected chi connectivity index (χ1v) is 9.70. The van der Waals surface area contributed by atoms with Crippen molar-refractivity contribution in [1.29, 1.82) is 0 Å². The average molecular weight is 427 g/mol. The van der Waals surface area contributed by atoms with Gasteiger partial charge in [-0.05, 0) is 67.0 Å². The fourth-order valence-corrected chi connectivity index (χ4v) is 3.95. The number of phenolic OH excluding ortho intramolecular Hbond substituents is 1. The van der Waals surface area contributed by atoms with Gasteiger partial charge in [0.1, 0.15) is 5.75 Å². The quantitative estimate of drug-likeness (QED) is 0.651. The van der Waals surface area contributed by atoms with Crippen molar-refractivity contribution >= 4 is 37.5 Å². The number of amides is 1. The predicted octanol–water partition coefficient (Wildman–Crippen LogP) is 3.48. The van der Waals surface area contributed by atoms with Crippen LogP contribution < -0.4 is 10.0 Å². The van der Waals surface area contributed by atoms with Crippen molar-refractivity contribution in [3.8, 4) is 5.75 Å². The molecule has 0 spiro atoms. The molecule has 0 aliphatic rings. The summed E-state index contributed by atoms with van der Waals surface area (Å²) in [6.45, 7) is 5.19. The second-order valence-electron chi connectivity index (χ2n) is 6.47. The number of carbonyl (C=O) groups excluding carboxylic acids is 1. The number of phenols is 1. The maximum atomic E-state index is 12.5. The van der Waals surface area contributed by atoms with Crippen LogP contribution in [0.25, 0.3) is 0 Å². The second-order valence-corrected chi connectivity index (χ2v) is 9.01. The normalized spacial score (nSPS) is 12.0. The molecular weight excluding hydrogens is 408 g/mol. The van der Waals surface area contributed by atoms with Crippen molar-refractivity contribution in [2.24, 2.45) is 0 Å². The lowest BCUT2D eigenvalue weighted by molar-refractivity contribution is 0.102. The molecule has 1 amide bonds. The number of hydrogen-bond acceptors (Lipinski definition) is 4. The second kappa shape index (κ2) is 7.15. The molecule has 2 rings (SSSR count). The summed E-state index contributed by atoms with van der Waals surface area (Å²) in [5.41, 5.74) is -0.273. The van der Waals surface area contributed by atoms with Crippen molar-refractivity contribution in [2.45, 2.75) is 31.2 Å². The molecule has 6 nitrogen and oxygen atoms in total. The Morgan fingerprint density at radius 1 is 1.12 bits per heavy atom. The zero-order valence-corrected chi connectivity index (χ0v) is 16.4. The van der Waals surface area contributed by atoms with Crippen LogP contribution in [-0.2, 0) is 10.0 Å². The number of para-hydroxylation sites is 2. The van der Waals surface area contributed by atoms with E-state index in [9.17, 15) is 18.3 Å². The van der Waals surface area contributed by atoms with Crippen molar-refractivity contribution in [2.75, 3.05) is 5.32 Å². The van der Waals surface area contributed by atoms with Crippen LogP contribution in [0.2, 0.25) is 0 Å². The van der Waals surface area contributed by atoms with E-state index in [0.29, 0.717) is 4.47 Å². The smallest absolute Gasteiger partial charge is 0.256 e. The van der Waals surface area contributed by atoms with Gasteiger partial charge in [-0.2, -0.15) is 0 Å². The molecule has 0 saturated carbocycles. The van der Waals surface area contributed by atoms with Gasteiger partial charge in [0.05, 0.1) is 16.1 Å². The van der Waals surface area contributed by atoms with Gasteiger partial charge in [0.25, 0.3) is 5.91 Å². The van der Waals surface area contributed by atoms with E-state index in [1.165, 1.54) is 24.3 Å². The van der Waals surface area contributed by atoms with Crippen LogP contribution in [-0.4, -0.2) is 25.0 Å². The van der Waals surface area contributed by atoms with E-state index in [4.69, 9.17) is 0 Å². The molecule has 0 atom stereocenters. The molecule has 8 heteroatoms. The van der Waals surface area contributed by atoms with E-state index in [1.807, 2.05) is 0 Å². The molecule has 2 aromatic carbocycles. The van der Waals surface area contributed by atoms with Gasteiger partial charge in [-0.25, -0.2) is 13.1 Å². The highest BCUT2D eigenvalue weighted by Crippen LogP contribution is 2.26. The van der Waals surface area contributed by atoms with Crippen LogP contribution in [0.4, 0.5) is 5.69 Å². The lowest BCUT2D eigenvalue weighted by atomic mass is 10.1. The molecular formula is C17H19BrN2O4S. The summed E-state index contributed by atoms with van der Waals surface area (Å²) >= 11 is 3.25. The van der Waals surface area contributed by atoms with Gasteiger partial charge in [0, 0.05) is 10.0 Å². The van der Waals surface area contributed by atoms with Crippen molar-refractivity contribution in [1.82, 2.24) is 4.72 Å². The lowest BCUT2D eigenvalue weighted by Gasteiger charge is -2.20. The number of sulfonamides is 1. The average Bonchev–Trinajstić information content (AvgIpc) is 2.47. The van der Waals surface area contributed by atoms with E-state index in [0.717, 1.165) is 0 Å². The molecule has 3 N–H and O–H groups in total. The van der Waals surface area contributed by atoms with E-state index in [2.05, 4.69) is 26.0 Å². The number of benzene rings is 2. The highest BCUT2D eigenvalue weighted by atomic mass is 79.9. The number of nitrogens with one attached hydrogen (secondary N) is 2. The number of aromatic hydroxyl groups is 1. The Morgan fingerprint density at radius 2 is 1.76 bits per heavy atom. The maximum absolute atomic E-state index is 12.5. The first-order chi connectivity index (χ1) is 11.5. The van der Waals surface area contributed by atoms with Gasteiger partial charge in [-0.1, -0.05) is 12.1 Å². The van der Waals surface area contributed by atoms with Gasteiger partial charge in [-0.15, -0.1) is 0 Å². The van der Waals surface area contributed by atoms with Crippen LogP contribution in [0.3, 0.4) is 0 Å². The Hall–Kier alpha value is -1.90. The SMILES string of the molecule is CC(C)(C)NS(=O)(=O)c1ccc(Br)c(C(=O)Nc2ccccc2O)c1. The topological polar surface area (TPSA) is 95.5 Å². The number of carbonyl (C=O) groups is 1. The highest BCUT2D eigenvalue weighted by molar-refractivity contribution is 9.10. The molecule has 0 aliphatic heterocycles. The molecule has 134 valence electrons. The van der Waals surface area contributed by atoms with E-state index in [1.54, 1.807) is 39.0 Å². The van der Waals surface area contributed by atoms with Gasteiger partial charge >= 0.3 is 0 Å². The van der Waals surface area contributed by atoms with Gasteiger partial charge < -0.3 is 10.4 Å². The summed E-state index contributed by atoms with van der Waals surface area (Å²) in [6.07, 6.45) is 0. The molecule has 0 heterocycles. The van der Waals surface area contributed by atoms with Gasteiger partial charge in [0.2, 0.25) is 10.0 Å². The largest absolute Gasteiger partial charge is 0.506 e. The fraction of sp³-hybridized carbons (Fsp3) is 0.235. The number of anilines is 1. The van der Waals surface area contributed by atoms with Gasteiger partial charge in [0.15, 0.2) is 0 Å². The van der Waals surface area contributed by atoms with Crippen LogP contribution in [0, 0.1) is 0 Å². The Labute approximate surface area is 155 Å². The molecule has 0 aliphatic carbocycles. The van der Waals surface area contributed by atoms with Gasteiger partial charge in [-0.3, -0.25) is 4.79 Å². The zero-order chi connectivity index (χ0) is 18.8. The van der Waals surface area contributed by atoms with Crippen molar-refractivity contribution < 1.29 is 18.3 Å². The minimum absolute atomic E-state index is 0.0203. The number of halogens is 1. The van der Waals surface area contributed by atoms with Crippen molar-refractivity contribution in [3.63, 3.8) is 0 Å². The van der Waals surface area contributed by atoms with E-state index >= 15 is 0 Å². The van der Waals surface area contributed by atoms with E-state index in [-0.39, 0.29) is 21.9 Å². The van der Waals surface area contributed by atoms with Crippen LogP contribution in [0.15, 0.2) is 51.8 Å². The van der Waals surface area contributed by atoms with Crippen LogP contribution >= 0.6 is 15.9 Å². The minimum atomic E-state index is -3.77. The third kappa shape index (κ3) is 5.04. The van der Waals surface area contributed by atoms with Crippen molar-refractivity contribution in [3.05, 3.63) is 52.5 Å². The molecule has 0 aromatic heterocycles. The third-order valence-corrected chi connectivity index (χ3v) is 5.53. The maximum Gasteiger partial charge on any atom is 0.256 e. The number of hydrogen-bond donors (Lipinski definition) is 3.